The van der Waals surface area contributed by atoms with Crippen LogP contribution in [0.5, 0.6) is 0 Å². The highest BCUT2D eigenvalue weighted by Gasteiger charge is 1.99. The molecular formula is C13H13N3O2. The van der Waals surface area contributed by atoms with Crippen molar-refractivity contribution in [2.75, 3.05) is 7.11 Å². The fraction of sp³-hybridized carbons (Fsp3) is 0.154. The molecule has 0 saturated carbocycles. The fourth-order valence-corrected chi connectivity index (χ4v) is 1.46. The first-order chi connectivity index (χ1) is 8.78. The molecule has 92 valence electrons. The van der Waals surface area contributed by atoms with Crippen molar-refractivity contribution in [1.29, 1.82) is 0 Å². The topological polar surface area (TPSA) is 57.0 Å². The highest BCUT2D eigenvalue weighted by Crippen LogP contribution is 2.03. The SMILES string of the molecule is COC(=O)/C=C\c1cn(Cc2ccccc2)nn1. The molecule has 2 rings (SSSR count). The summed E-state index contributed by atoms with van der Waals surface area (Å²) in [6, 6.07) is 9.96. The first-order valence-corrected chi connectivity index (χ1v) is 5.48. The normalized spacial score (nSPS) is 10.7. The van der Waals surface area contributed by atoms with Crippen LogP contribution < -0.4 is 0 Å². The van der Waals surface area contributed by atoms with Gasteiger partial charge in [0.1, 0.15) is 5.69 Å². The Morgan fingerprint density at radius 2 is 2.17 bits per heavy atom. The molecule has 1 aromatic carbocycles. The van der Waals surface area contributed by atoms with Crippen molar-refractivity contribution in [3.63, 3.8) is 0 Å². The van der Waals surface area contributed by atoms with Crippen LogP contribution in [0.15, 0.2) is 42.6 Å². The van der Waals surface area contributed by atoms with Gasteiger partial charge in [0.2, 0.25) is 0 Å². The van der Waals surface area contributed by atoms with E-state index in [1.807, 2.05) is 30.3 Å². The molecule has 5 heteroatoms. The number of rotatable bonds is 4. The van der Waals surface area contributed by atoms with E-state index in [1.54, 1.807) is 17.0 Å². The number of hydrogen-bond donors (Lipinski definition) is 0. The number of methoxy groups -OCH3 is 1. The molecule has 0 aliphatic carbocycles. The summed E-state index contributed by atoms with van der Waals surface area (Å²) in [5.74, 6) is -0.410. The van der Waals surface area contributed by atoms with Gasteiger partial charge in [-0.15, -0.1) is 5.10 Å². The number of nitrogens with zero attached hydrogens (tertiary/aromatic N) is 3. The Hall–Kier alpha value is -2.43. The summed E-state index contributed by atoms with van der Waals surface area (Å²) in [4.78, 5) is 10.9. The highest BCUT2D eigenvalue weighted by atomic mass is 16.5. The van der Waals surface area contributed by atoms with Crippen molar-refractivity contribution in [3.05, 3.63) is 53.9 Å². The average molecular weight is 243 g/mol. The average Bonchev–Trinajstić information content (AvgIpc) is 2.85. The molecule has 0 aliphatic heterocycles. The zero-order valence-corrected chi connectivity index (χ0v) is 9.98. The lowest BCUT2D eigenvalue weighted by Gasteiger charge is -1.98. The molecule has 0 fully saturated rings. The van der Waals surface area contributed by atoms with Gasteiger partial charge < -0.3 is 4.74 Å². The van der Waals surface area contributed by atoms with E-state index in [0.717, 1.165) is 5.56 Å². The molecule has 2 aromatic rings. The van der Waals surface area contributed by atoms with E-state index in [4.69, 9.17) is 0 Å². The quantitative estimate of drug-likeness (QED) is 0.603. The number of esters is 1. The van der Waals surface area contributed by atoms with Crippen molar-refractivity contribution in [3.8, 4) is 0 Å². The lowest BCUT2D eigenvalue weighted by Crippen LogP contribution is -1.99. The van der Waals surface area contributed by atoms with Gasteiger partial charge in [0.15, 0.2) is 0 Å². The minimum absolute atomic E-state index is 0.410. The van der Waals surface area contributed by atoms with E-state index in [9.17, 15) is 4.79 Å². The predicted molar refractivity (Wildman–Crippen MR) is 66.6 cm³/mol. The smallest absolute Gasteiger partial charge is 0.330 e. The van der Waals surface area contributed by atoms with Gasteiger partial charge >= 0.3 is 5.97 Å². The Morgan fingerprint density at radius 1 is 1.39 bits per heavy atom. The second kappa shape index (κ2) is 5.77. The molecule has 0 spiro atoms. The van der Waals surface area contributed by atoms with Gasteiger partial charge in [0.05, 0.1) is 19.9 Å². The van der Waals surface area contributed by atoms with E-state index in [-0.39, 0.29) is 0 Å². The summed E-state index contributed by atoms with van der Waals surface area (Å²) in [6.45, 7) is 0.653. The van der Waals surface area contributed by atoms with Crippen LogP contribution in [0.1, 0.15) is 11.3 Å². The van der Waals surface area contributed by atoms with Gasteiger partial charge in [-0.2, -0.15) is 0 Å². The number of hydrogen-bond acceptors (Lipinski definition) is 4. The lowest BCUT2D eigenvalue weighted by molar-refractivity contribution is -0.134. The molecule has 18 heavy (non-hydrogen) atoms. The van der Waals surface area contributed by atoms with Crippen LogP contribution in [0.2, 0.25) is 0 Å². The lowest BCUT2D eigenvalue weighted by atomic mass is 10.2. The van der Waals surface area contributed by atoms with Crippen LogP contribution in [0.4, 0.5) is 0 Å². The number of ether oxygens (including phenoxy) is 1. The number of carbonyl (C=O) groups excluding carboxylic acids is 1. The molecule has 0 N–H and O–H groups in total. The first-order valence-electron chi connectivity index (χ1n) is 5.48. The predicted octanol–water partition coefficient (Wildman–Crippen LogP) is 1.51. The largest absolute Gasteiger partial charge is 0.466 e. The third-order valence-electron chi connectivity index (χ3n) is 2.34. The van der Waals surface area contributed by atoms with Crippen LogP contribution in [-0.4, -0.2) is 28.1 Å². The minimum atomic E-state index is -0.410. The standard InChI is InChI=1S/C13H13N3O2/c1-18-13(17)8-7-12-10-16(15-14-12)9-11-5-3-2-4-6-11/h2-8,10H,9H2,1H3/b8-7-. The van der Waals surface area contributed by atoms with E-state index in [0.29, 0.717) is 12.2 Å². The van der Waals surface area contributed by atoms with E-state index < -0.39 is 5.97 Å². The Kier molecular flexibility index (Phi) is 3.86. The molecule has 0 atom stereocenters. The van der Waals surface area contributed by atoms with Crippen molar-refractivity contribution in [2.45, 2.75) is 6.54 Å². The van der Waals surface area contributed by atoms with Crippen molar-refractivity contribution in [2.24, 2.45) is 0 Å². The van der Waals surface area contributed by atoms with Crippen LogP contribution in [0, 0.1) is 0 Å². The van der Waals surface area contributed by atoms with E-state index in [1.165, 1.54) is 13.2 Å². The molecule has 1 heterocycles. The third-order valence-corrected chi connectivity index (χ3v) is 2.34. The fourth-order valence-electron chi connectivity index (χ4n) is 1.46. The van der Waals surface area contributed by atoms with Crippen molar-refractivity contribution in [1.82, 2.24) is 15.0 Å². The summed E-state index contributed by atoms with van der Waals surface area (Å²) in [5.41, 5.74) is 1.77. The van der Waals surface area contributed by atoms with Gasteiger partial charge in [0, 0.05) is 6.08 Å². The Balaban J connectivity index is 2.02. The molecule has 0 aliphatic rings. The molecule has 0 unspecified atom stereocenters. The summed E-state index contributed by atoms with van der Waals surface area (Å²) in [6.07, 6.45) is 4.66. The van der Waals surface area contributed by atoms with Gasteiger partial charge in [-0.3, -0.25) is 0 Å². The molecular weight excluding hydrogens is 230 g/mol. The molecule has 5 nitrogen and oxygen atoms in total. The van der Waals surface area contributed by atoms with Crippen LogP contribution >= 0.6 is 0 Å². The number of carbonyl (C=O) groups is 1. The molecule has 0 bridgehead atoms. The molecule has 1 aromatic heterocycles. The Bertz CT molecular complexity index is 546. The monoisotopic (exact) mass is 243 g/mol. The maximum absolute atomic E-state index is 10.9. The summed E-state index contributed by atoms with van der Waals surface area (Å²) < 4.78 is 6.21. The van der Waals surface area contributed by atoms with E-state index >= 15 is 0 Å². The molecule has 0 amide bonds. The second-order valence-corrected chi connectivity index (χ2v) is 3.68. The highest BCUT2D eigenvalue weighted by molar-refractivity contribution is 5.86. The van der Waals surface area contributed by atoms with Gasteiger partial charge in [0.25, 0.3) is 0 Å². The van der Waals surface area contributed by atoms with E-state index in [2.05, 4.69) is 15.0 Å². The maximum Gasteiger partial charge on any atom is 0.330 e. The van der Waals surface area contributed by atoms with Crippen LogP contribution in [-0.2, 0) is 16.1 Å². The summed E-state index contributed by atoms with van der Waals surface area (Å²) >= 11 is 0. The first kappa shape index (κ1) is 12.0. The minimum Gasteiger partial charge on any atom is -0.466 e. The summed E-state index contributed by atoms with van der Waals surface area (Å²) in [5, 5.41) is 7.92. The number of aromatic nitrogens is 3. The van der Waals surface area contributed by atoms with Gasteiger partial charge in [-0.1, -0.05) is 35.5 Å². The molecule has 0 radical (unpaired) electrons. The zero-order chi connectivity index (χ0) is 12.8. The van der Waals surface area contributed by atoms with Gasteiger partial charge in [-0.05, 0) is 11.6 Å². The Labute approximate surface area is 105 Å². The zero-order valence-electron chi connectivity index (χ0n) is 9.98. The Morgan fingerprint density at radius 3 is 2.89 bits per heavy atom. The third kappa shape index (κ3) is 3.28. The molecule has 0 saturated heterocycles. The second-order valence-electron chi connectivity index (χ2n) is 3.68. The van der Waals surface area contributed by atoms with Crippen molar-refractivity contribution >= 4 is 12.0 Å². The van der Waals surface area contributed by atoms with Crippen LogP contribution in [0.25, 0.3) is 6.08 Å². The van der Waals surface area contributed by atoms with Gasteiger partial charge in [-0.25, -0.2) is 9.48 Å². The maximum atomic E-state index is 10.9. The van der Waals surface area contributed by atoms with Crippen LogP contribution in [0.3, 0.4) is 0 Å². The number of benzene rings is 1. The summed E-state index contributed by atoms with van der Waals surface area (Å²) in [7, 11) is 1.33. The van der Waals surface area contributed by atoms with Crippen molar-refractivity contribution < 1.29 is 9.53 Å².